The molecule has 0 bridgehead atoms. The second-order valence-corrected chi connectivity index (χ2v) is 4.91. The highest BCUT2D eigenvalue weighted by Gasteiger charge is 2.35. The smallest absolute Gasteiger partial charge is 0.323 e. The Bertz CT molecular complexity index is 481. The summed E-state index contributed by atoms with van der Waals surface area (Å²) >= 11 is 0. The zero-order chi connectivity index (χ0) is 14.0. The number of hydrogen-bond acceptors (Lipinski definition) is 3. The number of carboxylic acid groups (broad SMARTS) is 1. The van der Waals surface area contributed by atoms with Gasteiger partial charge in [0.1, 0.15) is 6.54 Å². The molecule has 0 radical (unpaired) electrons. The van der Waals surface area contributed by atoms with E-state index in [0.717, 1.165) is 18.4 Å². The molecule has 1 aromatic heterocycles. The second-order valence-electron chi connectivity index (χ2n) is 4.91. The van der Waals surface area contributed by atoms with Crippen LogP contribution in [-0.2, 0) is 18.4 Å². The molecule has 1 heterocycles. The maximum atomic E-state index is 12.2. The molecule has 0 spiro atoms. The van der Waals surface area contributed by atoms with Crippen molar-refractivity contribution >= 4 is 12.0 Å². The molecule has 0 aromatic carbocycles. The third-order valence-corrected chi connectivity index (χ3v) is 3.04. The molecule has 104 valence electrons. The first-order valence-electron chi connectivity index (χ1n) is 6.18. The lowest BCUT2D eigenvalue weighted by Crippen LogP contribution is -2.44. The molecule has 7 heteroatoms. The normalized spacial score (nSPS) is 14.2. The number of urea groups is 1. The van der Waals surface area contributed by atoms with Crippen LogP contribution in [0, 0.1) is 0 Å². The van der Waals surface area contributed by atoms with Gasteiger partial charge < -0.3 is 14.9 Å². The quantitative estimate of drug-likeness (QED) is 0.842. The molecule has 1 aliphatic rings. The summed E-state index contributed by atoms with van der Waals surface area (Å²) < 4.78 is 1.67. The van der Waals surface area contributed by atoms with Gasteiger partial charge in [0.25, 0.3) is 0 Å². The number of carbonyl (C=O) groups is 2. The van der Waals surface area contributed by atoms with Crippen LogP contribution >= 0.6 is 0 Å². The Balaban J connectivity index is 1.98. The Kier molecular flexibility index (Phi) is 3.73. The summed E-state index contributed by atoms with van der Waals surface area (Å²) in [5.41, 5.74) is 0.921. The van der Waals surface area contributed by atoms with Crippen LogP contribution in [0.4, 0.5) is 4.79 Å². The fourth-order valence-electron chi connectivity index (χ4n) is 2.00. The minimum absolute atomic E-state index is 0.0833. The number of nitrogens with zero attached hydrogens (tertiary/aromatic N) is 4. The van der Waals surface area contributed by atoms with Gasteiger partial charge in [-0.1, -0.05) is 0 Å². The van der Waals surface area contributed by atoms with Gasteiger partial charge in [-0.05, 0) is 12.8 Å². The first-order chi connectivity index (χ1) is 8.97. The number of carbonyl (C=O) groups excluding carboxylic acids is 1. The molecule has 0 atom stereocenters. The van der Waals surface area contributed by atoms with Crippen molar-refractivity contribution in [3.63, 3.8) is 0 Å². The molecule has 0 aliphatic heterocycles. The number of rotatable bonds is 5. The van der Waals surface area contributed by atoms with Crippen LogP contribution in [0.25, 0.3) is 0 Å². The summed E-state index contributed by atoms with van der Waals surface area (Å²) in [6.45, 7) is 0.191. The first kappa shape index (κ1) is 13.4. The molecular weight excluding hydrogens is 248 g/mol. The SMILES string of the molecule is CN(Cc1cnn(C)c1)C(=O)N(CC(=O)O)C1CC1. The molecule has 1 fully saturated rings. The van der Waals surface area contributed by atoms with E-state index in [4.69, 9.17) is 5.11 Å². The van der Waals surface area contributed by atoms with Gasteiger partial charge >= 0.3 is 12.0 Å². The fourth-order valence-corrected chi connectivity index (χ4v) is 2.00. The van der Waals surface area contributed by atoms with Crippen LogP contribution in [0.3, 0.4) is 0 Å². The molecule has 1 N–H and O–H groups in total. The molecular formula is C12H18N4O3. The second kappa shape index (κ2) is 5.29. The van der Waals surface area contributed by atoms with E-state index in [0.29, 0.717) is 6.54 Å². The van der Waals surface area contributed by atoms with Crippen molar-refractivity contribution in [1.82, 2.24) is 19.6 Å². The maximum absolute atomic E-state index is 12.2. The third kappa shape index (κ3) is 3.46. The Morgan fingerprint density at radius 3 is 2.68 bits per heavy atom. The van der Waals surface area contributed by atoms with Gasteiger partial charge in [0.15, 0.2) is 0 Å². The largest absolute Gasteiger partial charge is 0.480 e. The average Bonchev–Trinajstić information content (AvgIpc) is 3.09. The van der Waals surface area contributed by atoms with Crippen LogP contribution in [0.1, 0.15) is 18.4 Å². The van der Waals surface area contributed by atoms with Crippen LogP contribution in [0.5, 0.6) is 0 Å². The molecule has 1 aromatic rings. The van der Waals surface area contributed by atoms with Crippen LogP contribution in [0.2, 0.25) is 0 Å². The van der Waals surface area contributed by atoms with Gasteiger partial charge in [-0.2, -0.15) is 5.10 Å². The van der Waals surface area contributed by atoms with E-state index < -0.39 is 5.97 Å². The molecule has 1 saturated carbocycles. The molecule has 0 saturated heterocycles. The van der Waals surface area contributed by atoms with Gasteiger partial charge in [0, 0.05) is 31.9 Å². The summed E-state index contributed by atoms with van der Waals surface area (Å²) in [6.07, 6.45) is 5.31. The summed E-state index contributed by atoms with van der Waals surface area (Å²) in [5.74, 6) is -0.977. The Hall–Kier alpha value is -2.05. The van der Waals surface area contributed by atoms with Crippen molar-refractivity contribution < 1.29 is 14.7 Å². The summed E-state index contributed by atoms with van der Waals surface area (Å²) in [4.78, 5) is 26.0. The minimum atomic E-state index is -0.977. The number of aromatic nitrogens is 2. The van der Waals surface area contributed by atoms with Crippen LogP contribution in [-0.4, -0.2) is 56.3 Å². The summed E-state index contributed by atoms with van der Waals surface area (Å²) in [7, 11) is 3.48. The monoisotopic (exact) mass is 266 g/mol. The number of hydrogen-bond donors (Lipinski definition) is 1. The Morgan fingerprint density at radius 1 is 1.53 bits per heavy atom. The third-order valence-electron chi connectivity index (χ3n) is 3.04. The van der Waals surface area contributed by atoms with E-state index in [1.54, 1.807) is 17.9 Å². The molecule has 19 heavy (non-hydrogen) atoms. The standard InChI is InChI=1S/C12H18N4O3/c1-14(6-9-5-13-15(2)7-9)12(19)16(8-11(17)18)10-3-4-10/h5,7,10H,3-4,6,8H2,1-2H3,(H,17,18). The topological polar surface area (TPSA) is 78.7 Å². The van der Waals surface area contributed by atoms with Gasteiger partial charge in [0.2, 0.25) is 0 Å². The zero-order valence-corrected chi connectivity index (χ0v) is 11.1. The van der Waals surface area contributed by atoms with Crippen LogP contribution in [0.15, 0.2) is 12.4 Å². The highest BCUT2D eigenvalue weighted by atomic mass is 16.4. The highest BCUT2D eigenvalue weighted by molar-refractivity contribution is 5.80. The number of carboxylic acids is 1. The number of aliphatic carboxylic acids is 1. The Morgan fingerprint density at radius 2 is 2.21 bits per heavy atom. The van der Waals surface area contributed by atoms with Gasteiger partial charge in [-0.3, -0.25) is 9.48 Å². The van der Waals surface area contributed by atoms with E-state index in [-0.39, 0.29) is 18.6 Å². The van der Waals surface area contributed by atoms with Crippen molar-refractivity contribution in [3.05, 3.63) is 18.0 Å². The van der Waals surface area contributed by atoms with Gasteiger partial charge in [-0.25, -0.2) is 4.79 Å². The molecule has 0 unspecified atom stereocenters. The summed E-state index contributed by atoms with van der Waals surface area (Å²) in [6, 6.07) is -0.159. The van der Waals surface area contributed by atoms with Crippen molar-refractivity contribution in [1.29, 1.82) is 0 Å². The Labute approximate surface area is 111 Å². The van der Waals surface area contributed by atoms with E-state index >= 15 is 0 Å². The highest BCUT2D eigenvalue weighted by Crippen LogP contribution is 2.27. The van der Waals surface area contributed by atoms with Crippen molar-refractivity contribution in [2.24, 2.45) is 7.05 Å². The van der Waals surface area contributed by atoms with E-state index in [1.807, 2.05) is 13.2 Å². The lowest BCUT2D eigenvalue weighted by molar-refractivity contribution is -0.137. The molecule has 7 nitrogen and oxygen atoms in total. The molecule has 2 amide bonds. The van der Waals surface area contributed by atoms with Crippen molar-refractivity contribution in [2.45, 2.75) is 25.4 Å². The maximum Gasteiger partial charge on any atom is 0.323 e. The lowest BCUT2D eigenvalue weighted by Gasteiger charge is -2.26. The summed E-state index contributed by atoms with van der Waals surface area (Å²) in [5, 5.41) is 12.9. The van der Waals surface area contributed by atoms with Crippen molar-refractivity contribution in [3.8, 4) is 0 Å². The fraction of sp³-hybridized carbons (Fsp3) is 0.583. The lowest BCUT2D eigenvalue weighted by atomic mass is 10.3. The first-order valence-corrected chi connectivity index (χ1v) is 6.18. The van der Waals surface area contributed by atoms with E-state index in [9.17, 15) is 9.59 Å². The van der Waals surface area contributed by atoms with Crippen molar-refractivity contribution in [2.75, 3.05) is 13.6 Å². The van der Waals surface area contributed by atoms with E-state index in [1.165, 1.54) is 9.80 Å². The predicted octanol–water partition coefficient (Wildman–Crippen LogP) is 0.521. The van der Waals surface area contributed by atoms with Gasteiger partial charge in [-0.15, -0.1) is 0 Å². The average molecular weight is 266 g/mol. The zero-order valence-electron chi connectivity index (χ0n) is 11.1. The van der Waals surface area contributed by atoms with E-state index in [2.05, 4.69) is 5.10 Å². The number of amides is 2. The predicted molar refractivity (Wildman–Crippen MR) is 67.4 cm³/mol. The van der Waals surface area contributed by atoms with Crippen LogP contribution < -0.4 is 0 Å². The minimum Gasteiger partial charge on any atom is -0.480 e. The molecule has 1 aliphatic carbocycles. The van der Waals surface area contributed by atoms with Gasteiger partial charge in [0.05, 0.1) is 12.7 Å². The number of aryl methyl sites for hydroxylation is 1. The molecule has 2 rings (SSSR count).